The summed E-state index contributed by atoms with van der Waals surface area (Å²) >= 11 is 0. The monoisotopic (exact) mass is 290 g/mol. The van der Waals surface area contributed by atoms with Gasteiger partial charge in [-0.25, -0.2) is 0 Å². The molecule has 1 fully saturated rings. The lowest BCUT2D eigenvalue weighted by Crippen LogP contribution is -2.41. The van der Waals surface area contributed by atoms with Crippen LogP contribution in [0.5, 0.6) is 0 Å². The third-order valence-corrected chi connectivity index (χ3v) is 4.04. The topological polar surface area (TPSA) is 55.6 Å². The number of hydrogen-bond acceptors (Lipinski definition) is 3. The number of ether oxygens (including phenoxy) is 1. The van der Waals surface area contributed by atoms with Gasteiger partial charge in [-0.15, -0.1) is 0 Å². The van der Waals surface area contributed by atoms with Gasteiger partial charge in [-0.05, 0) is 49.9 Å². The Morgan fingerprint density at radius 1 is 1.29 bits per heavy atom. The van der Waals surface area contributed by atoms with Crippen LogP contribution in [0.15, 0.2) is 24.3 Å². The maximum absolute atomic E-state index is 12.4. The summed E-state index contributed by atoms with van der Waals surface area (Å²) < 4.78 is 5.77. The molecule has 0 spiro atoms. The number of benzene rings is 1. The lowest BCUT2D eigenvalue weighted by molar-refractivity contribution is 0.00845. The fourth-order valence-corrected chi connectivity index (χ4v) is 2.62. The first-order chi connectivity index (χ1) is 10.2. The zero-order chi connectivity index (χ0) is 15.1. The number of piperidine rings is 1. The highest BCUT2D eigenvalue weighted by molar-refractivity contribution is 5.94. The van der Waals surface area contributed by atoms with E-state index < -0.39 is 0 Å². The fraction of sp³-hybridized carbons (Fsp3) is 0.588. The molecule has 1 aromatic rings. The molecule has 1 amide bonds. The molecule has 1 saturated heterocycles. The van der Waals surface area contributed by atoms with Gasteiger partial charge in [-0.1, -0.05) is 19.1 Å². The van der Waals surface area contributed by atoms with Gasteiger partial charge in [0.15, 0.2) is 0 Å². The number of nitrogens with zero attached hydrogens (tertiary/aromatic N) is 1. The highest BCUT2D eigenvalue weighted by Gasteiger charge is 2.23. The van der Waals surface area contributed by atoms with Crippen LogP contribution in [0.3, 0.4) is 0 Å². The molecule has 21 heavy (non-hydrogen) atoms. The average Bonchev–Trinajstić information content (AvgIpc) is 2.55. The molecule has 1 aromatic carbocycles. The minimum atomic E-state index is 0.137. The maximum Gasteiger partial charge on any atom is 0.253 e. The van der Waals surface area contributed by atoms with Crippen molar-refractivity contribution in [3.8, 4) is 0 Å². The number of carbonyl (C=O) groups is 1. The standard InChI is InChI=1S/C17H26N2O2/c1-2-14-4-6-15(7-5-14)17(20)19-11-8-16(9-12-19)21-13-3-10-18/h4-7,16H,2-3,8-13,18H2,1H3. The van der Waals surface area contributed by atoms with Gasteiger partial charge in [0.1, 0.15) is 0 Å². The predicted octanol–water partition coefficient (Wildman–Crippen LogP) is 2.22. The second-order valence-electron chi connectivity index (χ2n) is 5.56. The van der Waals surface area contributed by atoms with E-state index in [9.17, 15) is 4.79 Å². The summed E-state index contributed by atoms with van der Waals surface area (Å²) in [4.78, 5) is 14.4. The minimum Gasteiger partial charge on any atom is -0.378 e. The Morgan fingerprint density at radius 3 is 2.52 bits per heavy atom. The molecule has 116 valence electrons. The van der Waals surface area contributed by atoms with Crippen molar-refractivity contribution in [3.05, 3.63) is 35.4 Å². The van der Waals surface area contributed by atoms with Gasteiger partial charge in [0.05, 0.1) is 6.10 Å². The van der Waals surface area contributed by atoms with Crippen LogP contribution in [0.2, 0.25) is 0 Å². The highest BCUT2D eigenvalue weighted by Crippen LogP contribution is 2.17. The van der Waals surface area contributed by atoms with E-state index in [-0.39, 0.29) is 12.0 Å². The molecule has 0 unspecified atom stereocenters. The number of carbonyl (C=O) groups excluding carboxylic acids is 1. The SMILES string of the molecule is CCc1ccc(C(=O)N2CCC(OCCCN)CC2)cc1. The lowest BCUT2D eigenvalue weighted by Gasteiger charge is -2.32. The Kier molecular flexibility index (Phi) is 6.21. The fourth-order valence-electron chi connectivity index (χ4n) is 2.62. The Labute approximate surface area is 127 Å². The molecule has 1 aliphatic heterocycles. The molecule has 0 aliphatic carbocycles. The summed E-state index contributed by atoms with van der Waals surface area (Å²) in [6.45, 7) is 5.08. The molecule has 4 nitrogen and oxygen atoms in total. The summed E-state index contributed by atoms with van der Waals surface area (Å²) in [6.07, 6.45) is 4.03. The molecule has 1 heterocycles. The van der Waals surface area contributed by atoms with Crippen LogP contribution < -0.4 is 5.73 Å². The van der Waals surface area contributed by atoms with Crippen LogP contribution >= 0.6 is 0 Å². The number of rotatable bonds is 6. The average molecular weight is 290 g/mol. The zero-order valence-electron chi connectivity index (χ0n) is 12.9. The second kappa shape index (κ2) is 8.15. The van der Waals surface area contributed by atoms with Crippen molar-refractivity contribution in [3.63, 3.8) is 0 Å². The third kappa shape index (κ3) is 4.55. The van der Waals surface area contributed by atoms with Gasteiger partial charge in [0.2, 0.25) is 0 Å². The van der Waals surface area contributed by atoms with Crippen molar-refractivity contribution >= 4 is 5.91 Å². The van der Waals surface area contributed by atoms with Crippen molar-refractivity contribution in [2.45, 2.75) is 38.7 Å². The quantitative estimate of drug-likeness (QED) is 0.817. The van der Waals surface area contributed by atoms with E-state index in [1.54, 1.807) is 0 Å². The van der Waals surface area contributed by atoms with E-state index in [0.29, 0.717) is 6.54 Å². The Morgan fingerprint density at radius 2 is 1.95 bits per heavy atom. The molecule has 0 radical (unpaired) electrons. The van der Waals surface area contributed by atoms with Crippen molar-refractivity contribution in [1.29, 1.82) is 0 Å². The zero-order valence-corrected chi connectivity index (χ0v) is 12.9. The van der Waals surface area contributed by atoms with Crippen LogP contribution in [0, 0.1) is 0 Å². The minimum absolute atomic E-state index is 0.137. The molecule has 2 N–H and O–H groups in total. The van der Waals surface area contributed by atoms with Gasteiger partial charge in [-0.3, -0.25) is 4.79 Å². The summed E-state index contributed by atoms with van der Waals surface area (Å²) in [7, 11) is 0. The smallest absolute Gasteiger partial charge is 0.253 e. The van der Waals surface area contributed by atoms with Crippen LogP contribution in [0.25, 0.3) is 0 Å². The van der Waals surface area contributed by atoms with Gasteiger partial charge >= 0.3 is 0 Å². The first-order valence-corrected chi connectivity index (χ1v) is 7.94. The van der Waals surface area contributed by atoms with Gasteiger partial charge in [0.25, 0.3) is 5.91 Å². The lowest BCUT2D eigenvalue weighted by atomic mass is 10.0. The van der Waals surface area contributed by atoms with E-state index in [2.05, 4.69) is 6.92 Å². The van der Waals surface area contributed by atoms with Crippen LogP contribution in [-0.4, -0.2) is 43.2 Å². The summed E-state index contributed by atoms with van der Waals surface area (Å²) in [6, 6.07) is 7.95. The number of amides is 1. The largest absolute Gasteiger partial charge is 0.378 e. The van der Waals surface area contributed by atoms with E-state index in [4.69, 9.17) is 10.5 Å². The van der Waals surface area contributed by atoms with E-state index in [1.807, 2.05) is 29.2 Å². The maximum atomic E-state index is 12.4. The molecule has 0 bridgehead atoms. The van der Waals surface area contributed by atoms with Crippen LogP contribution in [0.4, 0.5) is 0 Å². The molecule has 2 rings (SSSR count). The molecule has 4 heteroatoms. The Bertz CT molecular complexity index is 437. The van der Waals surface area contributed by atoms with Gasteiger partial charge in [-0.2, -0.15) is 0 Å². The van der Waals surface area contributed by atoms with E-state index in [1.165, 1.54) is 5.56 Å². The van der Waals surface area contributed by atoms with Crippen molar-refractivity contribution in [2.75, 3.05) is 26.2 Å². The highest BCUT2D eigenvalue weighted by atomic mass is 16.5. The molecule has 1 aliphatic rings. The molecular formula is C17H26N2O2. The number of aryl methyl sites for hydroxylation is 1. The van der Waals surface area contributed by atoms with Crippen molar-refractivity contribution in [1.82, 2.24) is 4.90 Å². The van der Waals surface area contributed by atoms with Crippen molar-refractivity contribution in [2.24, 2.45) is 5.73 Å². The molecule has 0 atom stereocenters. The molecule has 0 saturated carbocycles. The number of hydrogen-bond donors (Lipinski definition) is 1. The van der Waals surface area contributed by atoms with Crippen molar-refractivity contribution < 1.29 is 9.53 Å². The number of likely N-dealkylation sites (tertiary alicyclic amines) is 1. The number of nitrogens with two attached hydrogens (primary N) is 1. The summed E-state index contributed by atoms with van der Waals surface area (Å²) in [5, 5.41) is 0. The third-order valence-electron chi connectivity index (χ3n) is 4.04. The van der Waals surface area contributed by atoms with Gasteiger partial charge < -0.3 is 15.4 Å². The summed E-state index contributed by atoms with van der Waals surface area (Å²) in [5.74, 6) is 0.137. The van der Waals surface area contributed by atoms with Crippen LogP contribution in [-0.2, 0) is 11.2 Å². The van der Waals surface area contributed by atoms with E-state index >= 15 is 0 Å². The molecule has 0 aromatic heterocycles. The van der Waals surface area contributed by atoms with Crippen LogP contribution in [0.1, 0.15) is 42.1 Å². The van der Waals surface area contributed by atoms with Gasteiger partial charge in [0, 0.05) is 25.3 Å². The Hall–Kier alpha value is -1.39. The second-order valence-corrected chi connectivity index (χ2v) is 5.56. The first kappa shape index (κ1) is 16.0. The summed E-state index contributed by atoms with van der Waals surface area (Å²) in [5.41, 5.74) is 7.51. The normalized spacial score (nSPS) is 16.2. The molecular weight excluding hydrogens is 264 g/mol. The predicted molar refractivity (Wildman–Crippen MR) is 84.4 cm³/mol. The Balaban J connectivity index is 1.82. The van der Waals surface area contributed by atoms with E-state index in [0.717, 1.165) is 50.9 Å². The first-order valence-electron chi connectivity index (χ1n) is 7.94.